The molecule has 2 aliphatic rings. The van der Waals surface area contributed by atoms with Crippen molar-refractivity contribution in [3.05, 3.63) is 72.3 Å². The Hall–Kier alpha value is -2.88. The first kappa shape index (κ1) is 18.5. The van der Waals surface area contributed by atoms with Crippen LogP contribution in [-0.2, 0) is 0 Å². The number of benzene rings is 1. The third kappa shape index (κ3) is 4.01. The molecule has 4 nitrogen and oxygen atoms in total. The van der Waals surface area contributed by atoms with Crippen molar-refractivity contribution >= 4 is 11.4 Å². The zero-order valence-corrected chi connectivity index (χ0v) is 16.5. The van der Waals surface area contributed by atoms with Crippen molar-refractivity contribution in [2.24, 2.45) is 5.92 Å². The van der Waals surface area contributed by atoms with Crippen molar-refractivity contribution in [1.29, 1.82) is 5.41 Å². The number of pyridine rings is 1. The Balaban J connectivity index is 1.55. The number of aromatic nitrogens is 1. The molecule has 4 heteroatoms. The zero-order valence-electron chi connectivity index (χ0n) is 16.5. The van der Waals surface area contributed by atoms with Gasteiger partial charge in [0.15, 0.2) is 0 Å². The molecule has 0 unspecified atom stereocenters. The van der Waals surface area contributed by atoms with E-state index in [4.69, 9.17) is 5.41 Å². The number of nitrogens with one attached hydrogen (secondary N) is 3. The van der Waals surface area contributed by atoms with Crippen LogP contribution < -0.4 is 10.6 Å². The molecule has 0 aliphatic heterocycles. The summed E-state index contributed by atoms with van der Waals surface area (Å²) in [6.07, 6.45) is 9.74. The van der Waals surface area contributed by atoms with Crippen LogP contribution in [-0.4, -0.2) is 16.7 Å². The molecule has 2 saturated carbocycles. The lowest BCUT2D eigenvalue weighted by Crippen LogP contribution is -2.36. The topological polar surface area (TPSA) is 60.8 Å². The minimum atomic E-state index is 0.468. The lowest BCUT2D eigenvalue weighted by atomic mass is 9.91. The lowest BCUT2D eigenvalue weighted by molar-refractivity contribution is 0.369. The summed E-state index contributed by atoms with van der Waals surface area (Å²) in [5, 5.41) is 15.4. The van der Waals surface area contributed by atoms with Crippen LogP contribution >= 0.6 is 0 Å². The van der Waals surface area contributed by atoms with E-state index < -0.39 is 0 Å². The van der Waals surface area contributed by atoms with E-state index in [-0.39, 0.29) is 0 Å². The van der Waals surface area contributed by atoms with Crippen molar-refractivity contribution in [3.8, 4) is 11.1 Å². The SMILES string of the molecule is C=C(NC1CCC1)C(=N)c1cc(-c2cncc(NC(=C)C3CC3)c2)ccc1C. The fourth-order valence-corrected chi connectivity index (χ4v) is 3.49. The second-order valence-corrected chi connectivity index (χ2v) is 8.04. The highest BCUT2D eigenvalue weighted by Crippen LogP contribution is 2.36. The highest BCUT2D eigenvalue weighted by Gasteiger charge is 2.24. The van der Waals surface area contributed by atoms with E-state index in [1.165, 1.54) is 32.1 Å². The van der Waals surface area contributed by atoms with Crippen LogP contribution in [0.15, 0.2) is 61.2 Å². The smallest absolute Gasteiger partial charge is 0.0840 e. The largest absolute Gasteiger partial charge is 0.381 e. The van der Waals surface area contributed by atoms with Gasteiger partial charge in [-0.25, -0.2) is 0 Å². The summed E-state index contributed by atoms with van der Waals surface area (Å²) in [6.45, 7) is 10.3. The predicted octanol–water partition coefficient (Wildman–Crippen LogP) is 5.42. The molecule has 1 aromatic heterocycles. The Bertz CT molecular complexity index is 935. The van der Waals surface area contributed by atoms with E-state index in [1.807, 2.05) is 19.3 Å². The zero-order chi connectivity index (χ0) is 19.7. The Labute approximate surface area is 167 Å². The summed E-state index contributed by atoms with van der Waals surface area (Å²) in [6, 6.07) is 8.80. The van der Waals surface area contributed by atoms with E-state index in [1.54, 1.807) is 0 Å². The van der Waals surface area contributed by atoms with Crippen LogP contribution in [0, 0.1) is 18.3 Å². The predicted molar refractivity (Wildman–Crippen MR) is 117 cm³/mol. The third-order valence-corrected chi connectivity index (χ3v) is 5.74. The molecular formula is C24H28N4. The first-order chi connectivity index (χ1) is 13.5. The molecule has 144 valence electrons. The van der Waals surface area contributed by atoms with Crippen LogP contribution in [0.25, 0.3) is 11.1 Å². The summed E-state index contributed by atoms with van der Waals surface area (Å²) in [4.78, 5) is 4.40. The Morgan fingerprint density at radius 3 is 2.54 bits per heavy atom. The highest BCUT2D eigenvalue weighted by molar-refractivity contribution is 6.11. The van der Waals surface area contributed by atoms with Crippen molar-refractivity contribution in [2.75, 3.05) is 5.32 Å². The fourth-order valence-electron chi connectivity index (χ4n) is 3.49. The number of hydrogen-bond acceptors (Lipinski definition) is 4. The Morgan fingerprint density at radius 1 is 1.07 bits per heavy atom. The first-order valence-electron chi connectivity index (χ1n) is 10.1. The van der Waals surface area contributed by atoms with E-state index in [9.17, 15) is 0 Å². The lowest BCUT2D eigenvalue weighted by Gasteiger charge is -2.28. The molecule has 28 heavy (non-hydrogen) atoms. The molecular weight excluding hydrogens is 344 g/mol. The van der Waals surface area contributed by atoms with Crippen molar-refractivity contribution in [3.63, 3.8) is 0 Å². The first-order valence-corrected chi connectivity index (χ1v) is 10.1. The minimum absolute atomic E-state index is 0.468. The molecule has 0 spiro atoms. The van der Waals surface area contributed by atoms with E-state index in [0.29, 0.717) is 23.4 Å². The van der Waals surface area contributed by atoms with E-state index in [2.05, 4.69) is 53.0 Å². The van der Waals surface area contributed by atoms with Gasteiger partial charge in [-0.3, -0.25) is 10.4 Å². The molecule has 1 heterocycles. The Morgan fingerprint density at radius 2 is 1.86 bits per heavy atom. The highest BCUT2D eigenvalue weighted by atomic mass is 14.9. The number of rotatable bonds is 8. The normalized spacial score (nSPS) is 16.2. The van der Waals surface area contributed by atoms with Gasteiger partial charge in [-0.1, -0.05) is 25.3 Å². The standard InChI is InChI=1S/C24H28N4/c1-15-7-8-19(12-23(15)24(25)17(3)28-21-5-4-6-21)20-11-22(14-26-13-20)27-16(2)18-9-10-18/h7-8,11-14,18,21,25,27-28H,2-6,9-10H2,1H3. The second-order valence-electron chi connectivity index (χ2n) is 8.04. The number of nitrogens with zero attached hydrogens (tertiary/aromatic N) is 1. The number of anilines is 1. The van der Waals surface area contributed by atoms with E-state index >= 15 is 0 Å². The van der Waals surface area contributed by atoms with Gasteiger partial charge in [-0.05, 0) is 68.2 Å². The second kappa shape index (κ2) is 7.63. The maximum absolute atomic E-state index is 8.62. The summed E-state index contributed by atoms with van der Waals surface area (Å²) in [7, 11) is 0. The maximum atomic E-state index is 8.62. The van der Waals surface area contributed by atoms with Crippen LogP contribution in [0.2, 0.25) is 0 Å². The van der Waals surface area contributed by atoms with Gasteiger partial charge in [0.25, 0.3) is 0 Å². The molecule has 0 bridgehead atoms. The molecule has 2 aromatic rings. The molecule has 0 saturated heterocycles. The monoisotopic (exact) mass is 372 g/mol. The molecule has 0 amide bonds. The molecule has 3 N–H and O–H groups in total. The fraction of sp³-hybridized carbons (Fsp3) is 0.333. The molecule has 2 fully saturated rings. The van der Waals surface area contributed by atoms with Gasteiger partial charge < -0.3 is 10.6 Å². The summed E-state index contributed by atoms with van der Waals surface area (Å²) in [5.74, 6) is 0.601. The molecule has 2 aliphatic carbocycles. The van der Waals surface area contributed by atoms with E-state index in [0.717, 1.165) is 33.6 Å². The molecule has 0 atom stereocenters. The quantitative estimate of drug-likeness (QED) is 0.543. The minimum Gasteiger partial charge on any atom is -0.381 e. The molecule has 0 radical (unpaired) electrons. The van der Waals surface area contributed by atoms with Crippen LogP contribution in [0.3, 0.4) is 0 Å². The van der Waals surface area contributed by atoms with Gasteiger partial charge in [0.2, 0.25) is 0 Å². The van der Waals surface area contributed by atoms with Crippen LogP contribution in [0.4, 0.5) is 5.69 Å². The average molecular weight is 373 g/mol. The van der Waals surface area contributed by atoms with Gasteiger partial charge in [-0.2, -0.15) is 0 Å². The van der Waals surface area contributed by atoms with Crippen molar-refractivity contribution in [1.82, 2.24) is 10.3 Å². The number of hydrogen-bond donors (Lipinski definition) is 3. The molecule has 1 aromatic carbocycles. The number of aryl methyl sites for hydroxylation is 1. The van der Waals surface area contributed by atoms with Gasteiger partial charge >= 0.3 is 0 Å². The van der Waals surface area contributed by atoms with Gasteiger partial charge in [-0.15, -0.1) is 0 Å². The number of allylic oxidation sites excluding steroid dienone is 2. The summed E-state index contributed by atoms with van der Waals surface area (Å²) >= 11 is 0. The summed E-state index contributed by atoms with van der Waals surface area (Å²) in [5.41, 5.74) is 7.28. The van der Waals surface area contributed by atoms with Crippen molar-refractivity contribution < 1.29 is 0 Å². The average Bonchev–Trinajstić information content (AvgIpc) is 3.50. The van der Waals surface area contributed by atoms with Gasteiger partial charge in [0.1, 0.15) is 0 Å². The third-order valence-electron chi connectivity index (χ3n) is 5.74. The van der Waals surface area contributed by atoms with Gasteiger partial charge in [0.05, 0.1) is 23.3 Å². The molecule has 4 rings (SSSR count). The van der Waals surface area contributed by atoms with Crippen LogP contribution in [0.5, 0.6) is 0 Å². The summed E-state index contributed by atoms with van der Waals surface area (Å²) < 4.78 is 0. The Kier molecular flexibility index (Phi) is 5.03. The van der Waals surface area contributed by atoms with Gasteiger partial charge in [0, 0.05) is 29.1 Å². The van der Waals surface area contributed by atoms with Crippen molar-refractivity contribution in [2.45, 2.75) is 45.1 Å². The maximum Gasteiger partial charge on any atom is 0.0840 e. The van der Waals surface area contributed by atoms with Crippen LogP contribution in [0.1, 0.15) is 43.2 Å².